The summed E-state index contributed by atoms with van der Waals surface area (Å²) in [6.45, 7) is 3.61. The Bertz CT molecular complexity index is 1180. The summed E-state index contributed by atoms with van der Waals surface area (Å²) >= 11 is 4.25. The number of carbonyl (C=O) groups is 1. The molecular weight excluding hydrogens is 507 g/mol. The molecule has 3 aromatic rings. The zero-order valence-electron chi connectivity index (χ0n) is 16.8. The number of hydrogen-bond donors (Lipinski definition) is 0. The summed E-state index contributed by atoms with van der Waals surface area (Å²) in [4.78, 5) is 16.0. The lowest BCUT2D eigenvalue weighted by Crippen LogP contribution is -2.33. The van der Waals surface area contributed by atoms with Gasteiger partial charge in [-0.15, -0.1) is 11.3 Å². The Labute approximate surface area is 192 Å². The lowest BCUT2D eigenvalue weighted by molar-refractivity contribution is 0.0527. The summed E-state index contributed by atoms with van der Waals surface area (Å²) in [5.41, 5.74) is 1.52. The van der Waals surface area contributed by atoms with Crippen molar-refractivity contribution >= 4 is 48.9 Å². The number of halogens is 2. The van der Waals surface area contributed by atoms with Crippen LogP contribution in [0, 0.1) is 12.7 Å². The summed E-state index contributed by atoms with van der Waals surface area (Å²) in [5.74, 6) is -1.41. The van der Waals surface area contributed by atoms with E-state index >= 15 is 0 Å². The Hall–Kier alpha value is -2.30. The van der Waals surface area contributed by atoms with Crippen LogP contribution in [-0.4, -0.2) is 32.5 Å². The van der Waals surface area contributed by atoms with Gasteiger partial charge in [0.2, 0.25) is 0 Å². The molecule has 0 radical (unpaired) electrons. The fourth-order valence-corrected chi connectivity index (χ4v) is 5.80. The molecule has 0 atom stereocenters. The number of aromatic nitrogens is 1. The third-order valence-electron chi connectivity index (χ3n) is 4.46. The molecule has 2 aromatic heterocycles. The van der Waals surface area contributed by atoms with Crippen LogP contribution in [0.15, 0.2) is 57.5 Å². The van der Waals surface area contributed by atoms with Crippen LogP contribution < -0.4 is 4.31 Å². The predicted octanol–water partition coefficient (Wildman–Crippen LogP) is 4.97. The average Bonchev–Trinajstić information content (AvgIpc) is 3.10. The van der Waals surface area contributed by atoms with Gasteiger partial charge in [-0.3, -0.25) is 4.31 Å². The molecule has 0 N–H and O–H groups in total. The molecule has 31 heavy (non-hydrogen) atoms. The largest absolute Gasteiger partial charge is 0.462 e. The third-order valence-corrected chi connectivity index (χ3v) is 7.88. The van der Waals surface area contributed by atoms with Crippen molar-refractivity contribution in [2.45, 2.75) is 25.2 Å². The monoisotopic (exact) mass is 526 g/mol. The van der Waals surface area contributed by atoms with Crippen molar-refractivity contribution in [2.75, 3.05) is 17.5 Å². The van der Waals surface area contributed by atoms with E-state index in [0.717, 1.165) is 16.9 Å². The van der Waals surface area contributed by atoms with Gasteiger partial charge in [0.1, 0.15) is 9.48 Å². The smallest absolute Gasteiger partial charge is 0.351 e. The number of sulfonamides is 1. The van der Waals surface area contributed by atoms with E-state index in [4.69, 9.17) is 4.74 Å². The van der Waals surface area contributed by atoms with Gasteiger partial charge in [-0.05, 0) is 65.8 Å². The SMILES string of the molecule is CCOC(=O)c1scc(CCN(c2cccnc2Br)S(=O)(=O)c2ccc(C)cc2)c1F. The molecule has 1 aromatic carbocycles. The fourth-order valence-electron chi connectivity index (χ4n) is 2.88. The number of hydrogen-bond acceptors (Lipinski definition) is 6. The highest BCUT2D eigenvalue weighted by molar-refractivity contribution is 9.10. The Balaban J connectivity index is 1.95. The van der Waals surface area contributed by atoms with E-state index < -0.39 is 21.8 Å². The lowest BCUT2D eigenvalue weighted by Gasteiger charge is -2.25. The number of carbonyl (C=O) groups excluding carboxylic acids is 1. The van der Waals surface area contributed by atoms with Crippen LogP contribution in [0.2, 0.25) is 0 Å². The van der Waals surface area contributed by atoms with Gasteiger partial charge in [0.05, 0.1) is 17.2 Å². The topological polar surface area (TPSA) is 76.6 Å². The van der Waals surface area contributed by atoms with E-state index in [1.807, 2.05) is 6.92 Å². The summed E-state index contributed by atoms with van der Waals surface area (Å²) in [5, 5.41) is 1.51. The van der Waals surface area contributed by atoms with Gasteiger partial charge in [0, 0.05) is 18.3 Å². The summed E-state index contributed by atoms with van der Waals surface area (Å²) in [7, 11) is -3.94. The second kappa shape index (κ2) is 9.88. The number of ether oxygens (including phenoxy) is 1. The van der Waals surface area contributed by atoms with Crippen LogP contribution in [0.5, 0.6) is 0 Å². The summed E-state index contributed by atoms with van der Waals surface area (Å²) in [6, 6.07) is 9.75. The minimum Gasteiger partial charge on any atom is -0.462 e. The van der Waals surface area contributed by atoms with Gasteiger partial charge < -0.3 is 4.74 Å². The zero-order chi connectivity index (χ0) is 22.6. The molecule has 3 rings (SSSR count). The Kier molecular flexibility index (Phi) is 7.45. The normalized spacial score (nSPS) is 11.4. The number of benzene rings is 1. The number of esters is 1. The molecule has 2 heterocycles. The highest BCUT2D eigenvalue weighted by atomic mass is 79.9. The van der Waals surface area contributed by atoms with E-state index in [-0.39, 0.29) is 34.9 Å². The van der Waals surface area contributed by atoms with Gasteiger partial charge in [-0.1, -0.05) is 17.7 Å². The van der Waals surface area contributed by atoms with Gasteiger partial charge in [-0.2, -0.15) is 0 Å². The molecule has 6 nitrogen and oxygen atoms in total. The second-order valence-corrected chi connectivity index (χ2v) is 10.1. The Morgan fingerprint density at radius 3 is 2.61 bits per heavy atom. The van der Waals surface area contributed by atoms with E-state index in [1.54, 1.807) is 31.2 Å². The van der Waals surface area contributed by atoms with Crippen LogP contribution in [0.25, 0.3) is 0 Å². The van der Waals surface area contributed by atoms with E-state index in [9.17, 15) is 17.6 Å². The molecule has 0 spiro atoms. The van der Waals surface area contributed by atoms with Crippen LogP contribution in [-0.2, 0) is 21.2 Å². The van der Waals surface area contributed by atoms with Gasteiger partial charge in [-0.25, -0.2) is 22.6 Å². The number of thiophene rings is 1. The van der Waals surface area contributed by atoms with Gasteiger partial charge in [0.25, 0.3) is 10.0 Å². The van der Waals surface area contributed by atoms with Crippen LogP contribution in [0.4, 0.5) is 10.1 Å². The molecule has 0 aliphatic carbocycles. The van der Waals surface area contributed by atoms with Crippen molar-refractivity contribution in [3.05, 3.63) is 74.4 Å². The molecule has 0 amide bonds. The Morgan fingerprint density at radius 1 is 1.26 bits per heavy atom. The first-order valence-electron chi connectivity index (χ1n) is 9.38. The molecule has 10 heteroatoms. The zero-order valence-corrected chi connectivity index (χ0v) is 20.1. The maximum Gasteiger partial charge on any atom is 0.351 e. The highest BCUT2D eigenvalue weighted by Gasteiger charge is 2.28. The maximum atomic E-state index is 14.7. The van der Waals surface area contributed by atoms with E-state index in [2.05, 4.69) is 20.9 Å². The molecule has 0 saturated heterocycles. The van der Waals surface area contributed by atoms with Gasteiger partial charge in [0.15, 0.2) is 5.82 Å². The molecular formula is C21H20BrFN2O4S2. The maximum absolute atomic E-state index is 14.7. The number of aryl methyl sites for hydroxylation is 1. The summed E-state index contributed by atoms with van der Waals surface area (Å²) < 4.78 is 48.0. The second-order valence-electron chi connectivity index (χ2n) is 6.58. The fraction of sp³-hybridized carbons (Fsp3) is 0.238. The first-order chi connectivity index (χ1) is 14.8. The van der Waals surface area contributed by atoms with Crippen molar-refractivity contribution < 1.29 is 22.3 Å². The third kappa shape index (κ3) is 5.13. The van der Waals surface area contributed by atoms with E-state index in [1.165, 1.54) is 28.0 Å². The van der Waals surface area contributed by atoms with Crippen LogP contribution in [0.3, 0.4) is 0 Å². The summed E-state index contributed by atoms with van der Waals surface area (Å²) in [6.07, 6.45) is 1.60. The van der Waals surface area contributed by atoms with Crippen molar-refractivity contribution in [1.29, 1.82) is 0 Å². The molecule has 0 saturated carbocycles. The highest BCUT2D eigenvalue weighted by Crippen LogP contribution is 2.30. The quantitative estimate of drug-likeness (QED) is 0.306. The lowest BCUT2D eigenvalue weighted by atomic mass is 10.2. The molecule has 0 unspecified atom stereocenters. The molecule has 0 aliphatic heterocycles. The number of rotatable bonds is 8. The molecule has 0 fully saturated rings. The number of pyridine rings is 1. The minimum atomic E-state index is -3.94. The van der Waals surface area contributed by atoms with Gasteiger partial charge >= 0.3 is 5.97 Å². The predicted molar refractivity (Wildman–Crippen MR) is 122 cm³/mol. The minimum absolute atomic E-state index is 0.0452. The van der Waals surface area contributed by atoms with E-state index in [0.29, 0.717) is 10.3 Å². The average molecular weight is 527 g/mol. The number of nitrogens with zero attached hydrogens (tertiary/aromatic N) is 2. The first kappa shape index (κ1) is 23.4. The Morgan fingerprint density at radius 2 is 1.97 bits per heavy atom. The number of anilines is 1. The van der Waals surface area contributed by atoms with Crippen molar-refractivity contribution in [1.82, 2.24) is 4.98 Å². The van der Waals surface area contributed by atoms with Crippen molar-refractivity contribution in [2.24, 2.45) is 0 Å². The standard InChI is InChI=1S/C21H20BrFN2O4S2/c1-3-29-21(26)19-18(23)15(13-30-19)10-12-25(17-5-4-11-24-20(17)22)31(27,28)16-8-6-14(2)7-9-16/h4-9,11,13H,3,10,12H2,1-2H3. The van der Waals surface area contributed by atoms with Crippen LogP contribution in [0.1, 0.15) is 27.7 Å². The molecule has 0 aliphatic rings. The molecule has 164 valence electrons. The van der Waals surface area contributed by atoms with Crippen molar-refractivity contribution in [3.8, 4) is 0 Å². The van der Waals surface area contributed by atoms with Crippen LogP contribution >= 0.6 is 27.3 Å². The first-order valence-corrected chi connectivity index (χ1v) is 12.5. The molecule has 0 bridgehead atoms. The van der Waals surface area contributed by atoms with Crippen molar-refractivity contribution in [3.63, 3.8) is 0 Å².